The Morgan fingerprint density at radius 3 is 2.17 bits per heavy atom. The maximum absolute atomic E-state index is 7.90. The summed E-state index contributed by atoms with van der Waals surface area (Å²) in [5.41, 5.74) is 3.80. The molecule has 2 N–H and O–H groups in total. The molecule has 0 aromatic carbocycles. The first-order valence-corrected chi connectivity index (χ1v) is 1.55. The second kappa shape index (κ2) is 1.31. The lowest BCUT2D eigenvalue weighted by Gasteiger charge is -2.02. The molecule has 3 heteroatoms. The van der Waals surface area contributed by atoms with Gasteiger partial charge in [0.15, 0.2) is 0 Å². The summed E-state index contributed by atoms with van der Waals surface area (Å²) in [7, 11) is 4.95. The number of rotatable bonds is 0. The van der Waals surface area contributed by atoms with Crippen LogP contribution in [0.4, 0.5) is 0 Å². The zero-order valence-electron chi connectivity index (χ0n) is 3.60. The largest absolute Gasteiger partial charge is 0.321 e. The van der Waals surface area contributed by atoms with Crippen LogP contribution in [0.5, 0.6) is 0 Å². The van der Waals surface area contributed by atoms with Crippen molar-refractivity contribution in [1.29, 1.82) is 5.26 Å². The van der Waals surface area contributed by atoms with E-state index in [9.17, 15) is 0 Å². The fraction of sp³-hybridized carbons (Fsp3) is 0.667. The second-order valence-electron chi connectivity index (χ2n) is 1.39. The molecule has 0 heterocycles. The van der Waals surface area contributed by atoms with Gasteiger partial charge in [-0.1, -0.05) is 0 Å². The molecule has 0 saturated carbocycles. The molecule has 0 bridgehead atoms. The molecular formula is C3H5BN2. The van der Waals surface area contributed by atoms with E-state index in [1.165, 1.54) is 6.92 Å². The lowest BCUT2D eigenvalue weighted by molar-refractivity contribution is 0.845. The summed E-state index contributed by atoms with van der Waals surface area (Å²) in [6, 6.07) is 1.66. The highest BCUT2D eigenvalue weighted by Gasteiger charge is 2.04. The third-order valence-corrected chi connectivity index (χ3v) is 0.241. The highest BCUT2D eigenvalue weighted by molar-refractivity contribution is 6.16. The molecule has 0 aliphatic heterocycles. The molecule has 0 saturated heterocycles. The van der Waals surface area contributed by atoms with Crippen LogP contribution in [0.2, 0.25) is 0 Å². The van der Waals surface area contributed by atoms with Gasteiger partial charge in [0.1, 0.15) is 7.85 Å². The number of hydrogen-bond acceptors (Lipinski definition) is 2. The minimum Gasteiger partial charge on any atom is -0.321 e. The van der Waals surface area contributed by atoms with E-state index in [4.69, 9.17) is 18.8 Å². The van der Waals surface area contributed by atoms with E-state index in [0.29, 0.717) is 0 Å². The van der Waals surface area contributed by atoms with Crippen LogP contribution in [0.1, 0.15) is 6.92 Å². The van der Waals surface area contributed by atoms with Crippen molar-refractivity contribution < 1.29 is 0 Å². The van der Waals surface area contributed by atoms with Crippen LogP contribution in [-0.4, -0.2) is 13.3 Å². The topological polar surface area (TPSA) is 49.8 Å². The maximum Gasteiger partial charge on any atom is 0.116 e. The van der Waals surface area contributed by atoms with Crippen LogP contribution >= 0.6 is 0 Å². The zero-order chi connectivity index (χ0) is 5.21. The van der Waals surface area contributed by atoms with Crippen molar-refractivity contribution in [3.8, 4) is 6.07 Å². The highest BCUT2D eigenvalue weighted by Crippen LogP contribution is 1.82. The highest BCUT2D eigenvalue weighted by atomic mass is 14.7. The summed E-state index contributed by atoms with van der Waals surface area (Å²) in [5, 5.41) is 7.90. The molecule has 0 rings (SSSR count). The van der Waals surface area contributed by atoms with E-state index in [1.807, 2.05) is 0 Å². The Bertz CT molecular complexity index is 75.8. The Morgan fingerprint density at radius 2 is 2.17 bits per heavy atom. The average molecular weight is 79.9 g/mol. The predicted molar refractivity (Wildman–Crippen MR) is 24.0 cm³/mol. The van der Waals surface area contributed by atoms with Crippen molar-refractivity contribution in [2.45, 2.75) is 12.4 Å². The molecular weight excluding hydrogens is 74.9 g/mol. The van der Waals surface area contributed by atoms with Crippen LogP contribution in [0.15, 0.2) is 0 Å². The number of hydrogen-bond donors (Lipinski definition) is 1. The summed E-state index contributed by atoms with van der Waals surface area (Å²) in [6.07, 6.45) is 0. The fourth-order valence-electron chi connectivity index (χ4n) is 0. The Hall–Kier alpha value is -0.485. The second-order valence-corrected chi connectivity index (χ2v) is 1.39. The quantitative estimate of drug-likeness (QED) is 0.393. The molecule has 6 heavy (non-hydrogen) atoms. The van der Waals surface area contributed by atoms with E-state index in [0.717, 1.165) is 0 Å². The fourth-order valence-corrected chi connectivity index (χ4v) is 0. The zero-order valence-corrected chi connectivity index (χ0v) is 3.60. The number of nitriles is 1. The van der Waals surface area contributed by atoms with Crippen molar-refractivity contribution in [2.24, 2.45) is 5.73 Å². The molecule has 0 fully saturated rings. The van der Waals surface area contributed by atoms with Crippen LogP contribution in [0, 0.1) is 11.3 Å². The van der Waals surface area contributed by atoms with E-state index in [-0.39, 0.29) is 0 Å². The van der Waals surface area contributed by atoms with Gasteiger partial charge in [-0.15, -0.1) is 0 Å². The van der Waals surface area contributed by atoms with Gasteiger partial charge >= 0.3 is 0 Å². The smallest absolute Gasteiger partial charge is 0.116 e. The summed E-state index contributed by atoms with van der Waals surface area (Å²) in [6.45, 7) is 1.44. The molecule has 1 atom stereocenters. The van der Waals surface area contributed by atoms with Gasteiger partial charge in [0.2, 0.25) is 0 Å². The van der Waals surface area contributed by atoms with Crippen LogP contribution in [-0.2, 0) is 0 Å². The van der Waals surface area contributed by atoms with Gasteiger partial charge in [-0.3, -0.25) is 0 Å². The van der Waals surface area contributed by atoms with E-state index in [2.05, 4.69) is 0 Å². The summed E-state index contributed by atoms with van der Waals surface area (Å²) >= 11 is 0. The first kappa shape index (κ1) is 5.51. The van der Waals surface area contributed by atoms with Crippen molar-refractivity contribution in [3.05, 3.63) is 0 Å². The molecule has 2 nitrogen and oxygen atoms in total. The summed E-state index contributed by atoms with van der Waals surface area (Å²) < 4.78 is 0. The molecule has 30 valence electrons. The van der Waals surface area contributed by atoms with E-state index in [1.54, 1.807) is 6.07 Å². The molecule has 2 radical (unpaired) electrons. The molecule has 1 unspecified atom stereocenters. The molecule has 0 spiro atoms. The molecule has 0 amide bonds. The molecule has 0 aliphatic carbocycles. The Balaban J connectivity index is 3.55. The predicted octanol–water partition coefficient (Wildman–Crippen LogP) is -0.647. The lowest BCUT2D eigenvalue weighted by atomic mass is 9.83. The summed E-state index contributed by atoms with van der Waals surface area (Å²) in [5.74, 6) is 0. The van der Waals surface area contributed by atoms with E-state index < -0.39 is 5.44 Å². The van der Waals surface area contributed by atoms with Gasteiger partial charge in [0.05, 0.1) is 11.5 Å². The van der Waals surface area contributed by atoms with E-state index >= 15 is 0 Å². The lowest BCUT2D eigenvalue weighted by Crippen LogP contribution is -2.33. The number of nitrogens with zero attached hydrogens (tertiary/aromatic N) is 1. The minimum atomic E-state index is -1.15. The third kappa shape index (κ3) is 3.51. The third-order valence-electron chi connectivity index (χ3n) is 0.241. The van der Waals surface area contributed by atoms with Crippen molar-refractivity contribution in [1.82, 2.24) is 0 Å². The monoisotopic (exact) mass is 80.1 g/mol. The molecule has 0 aromatic heterocycles. The summed E-state index contributed by atoms with van der Waals surface area (Å²) in [4.78, 5) is 0. The number of nitrogens with two attached hydrogens (primary N) is 1. The standard InChI is InChI=1S/C3H5BN2/c1-3(4,6)2-5/h6H2,1H3. The maximum atomic E-state index is 7.90. The average Bonchev–Trinajstić information content (AvgIpc) is 1.35. The Kier molecular flexibility index (Phi) is 1.21. The van der Waals surface area contributed by atoms with Gasteiger partial charge in [-0.05, 0) is 6.92 Å². The normalized spacial score (nSPS) is 18.2. The van der Waals surface area contributed by atoms with Crippen LogP contribution in [0.3, 0.4) is 0 Å². The minimum absolute atomic E-state index is 1.15. The van der Waals surface area contributed by atoms with Crippen LogP contribution < -0.4 is 5.73 Å². The van der Waals surface area contributed by atoms with Crippen molar-refractivity contribution in [2.75, 3.05) is 0 Å². The van der Waals surface area contributed by atoms with Crippen LogP contribution in [0.25, 0.3) is 0 Å². The van der Waals surface area contributed by atoms with Gasteiger partial charge in [0.25, 0.3) is 0 Å². The van der Waals surface area contributed by atoms with Gasteiger partial charge in [0, 0.05) is 0 Å². The first-order valence-electron chi connectivity index (χ1n) is 1.55. The van der Waals surface area contributed by atoms with Crippen molar-refractivity contribution in [3.63, 3.8) is 0 Å². The van der Waals surface area contributed by atoms with Gasteiger partial charge in [-0.2, -0.15) is 5.26 Å². The van der Waals surface area contributed by atoms with Crippen molar-refractivity contribution >= 4 is 7.85 Å². The molecule has 0 aliphatic rings. The first-order chi connectivity index (χ1) is 2.56. The Labute approximate surface area is 38.4 Å². The van der Waals surface area contributed by atoms with Gasteiger partial charge < -0.3 is 5.73 Å². The van der Waals surface area contributed by atoms with Gasteiger partial charge in [-0.25, -0.2) is 0 Å². The SMILES string of the molecule is [B]C(C)(N)C#N. The molecule has 0 aromatic rings. The Morgan fingerprint density at radius 1 is 2.00 bits per heavy atom.